The number of ketones is 2. The molecule has 5 rings (SSSR count). The molecule has 0 saturated carbocycles. The molecule has 0 saturated heterocycles. The van der Waals surface area contributed by atoms with Crippen molar-refractivity contribution >= 4 is 34.1 Å². The maximum atomic E-state index is 13.1. The van der Waals surface area contributed by atoms with Gasteiger partial charge in [0.05, 0.1) is 18.2 Å². The number of carbonyl (C=O) groups is 2. The highest BCUT2D eigenvalue weighted by molar-refractivity contribution is 7.99. The molecule has 0 aromatic heterocycles. The molecule has 152 valence electrons. The number of phenols is 2. The number of methoxy groups -OCH3 is 1. The molecule has 0 aliphatic heterocycles. The quantitative estimate of drug-likeness (QED) is 0.385. The number of hydrogen-bond donors (Lipinski definition) is 2. The maximum Gasteiger partial charge on any atom is 0.198 e. The lowest BCUT2D eigenvalue weighted by molar-refractivity contribution is 0.0974. The van der Waals surface area contributed by atoms with Gasteiger partial charge in [-0.05, 0) is 42.5 Å². The van der Waals surface area contributed by atoms with E-state index in [2.05, 4.69) is 0 Å². The second-order valence-corrected chi connectivity index (χ2v) is 8.28. The standard InChI is InChI=1S/C25H16O5S/c1-30-13-6-8-14(9-7-13)31-15-10-11-18-19(12-15)25(29)21-20(24(18)28)22(26)16-4-2-3-5-17(16)23(21)27/h2-12,28-29H,1H3. The predicted octanol–water partition coefficient (Wildman–Crippen LogP) is 5.19. The number of phenolic OH excluding ortho intramolecular Hbond substituents is 2. The average molecular weight is 428 g/mol. The number of rotatable bonds is 3. The molecule has 0 unspecified atom stereocenters. The van der Waals surface area contributed by atoms with Gasteiger partial charge in [-0.3, -0.25) is 9.59 Å². The Morgan fingerprint density at radius 2 is 1.26 bits per heavy atom. The fraction of sp³-hybridized carbons (Fsp3) is 0.0400. The molecule has 4 aromatic rings. The van der Waals surface area contributed by atoms with Gasteiger partial charge in [0.1, 0.15) is 17.2 Å². The molecular formula is C25H16O5S. The summed E-state index contributed by atoms with van der Waals surface area (Å²) in [6.07, 6.45) is 0. The second-order valence-electron chi connectivity index (χ2n) is 7.14. The Labute approximate surface area is 181 Å². The van der Waals surface area contributed by atoms with E-state index >= 15 is 0 Å². The van der Waals surface area contributed by atoms with Gasteiger partial charge in [0.15, 0.2) is 11.6 Å². The minimum absolute atomic E-state index is 0.149. The fourth-order valence-electron chi connectivity index (χ4n) is 3.87. The van der Waals surface area contributed by atoms with Gasteiger partial charge in [-0.2, -0.15) is 0 Å². The van der Waals surface area contributed by atoms with E-state index in [4.69, 9.17) is 4.74 Å². The van der Waals surface area contributed by atoms with Crippen LogP contribution in [0.1, 0.15) is 31.8 Å². The van der Waals surface area contributed by atoms with E-state index in [0.717, 1.165) is 15.5 Å². The lowest BCUT2D eigenvalue weighted by Crippen LogP contribution is -2.21. The number of ether oxygens (including phenoxy) is 1. The van der Waals surface area contributed by atoms with Crippen LogP contribution in [0.25, 0.3) is 10.8 Å². The first kappa shape index (κ1) is 19.2. The monoisotopic (exact) mass is 428 g/mol. The lowest BCUT2D eigenvalue weighted by Gasteiger charge is -2.21. The van der Waals surface area contributed by atoms with Gasteiger partial charge in [-0.25, -0.2) is 0 Å². The van der Waals surface area contributed by atoms with E-state index in [1.807, 2.05) is 24.3 Å². The Hall–Kier alpha value is -3.77. The largest absolute Gasteiger partial charge is 0.506 e. The zero-order chi connectivity index (χ0) is 21.7. The maximum absolute atomic E-state index is 13.1. The van der Waals surface area contributed by atoms with Gasteiger partial charge in [-0.1, -0.05) is 36.0 Å². The molecule has 5 nitrogen and oxygen atoms in total. The minimum atomic E-state index is -0.479. The van der Waals surface area contributed by atoms with Crippen molar-refractivity contribution in [3.8, 4) is 17.2 Å². The van der Waals surface area contributed by atoms with Crippen molar-refractivity contribution in [2.24, 2.45) is 0 Å². The first-order valence-electron chi connectivity index (χ1n) is 9.51. The summed E-state index contributed by atoms with van der Waals surface area (Å²) in [5.74, 6) is -0.797. The topological polar surface area (TPSA) is 83.8 Å². The Morgan fingerprint density at radius 3 is 1.84 bits per heavy atom. The van der Waals surface area contributed by atoms with Crippen LogP contribution in [0.5, 0.6) is 17.2 Å². The fourth-order valence-corrected chi connectivity index (χ4v) is 4.72. The summed E-state index contributed by atoms with van der Waals surface area (Å²) in [6, 6.07) is 19.1. The summed E-state index contributed by atoms with van der Waals surface area (Å²) >= 11 is 1.46. The zero-order valence-electron chi connectivity index (χ0n) is 16.4. The third-order valence-electron chi connectivity index (χ3n) is 5.39. The molecule has 4 aromatic carbocycles. The van der Waals surface area contributed by atoms with Crippen molar-refractivity contribution in [3.05, 3.63) is 89.0 Å². The Bertz CT molecular complexity index is 1390. The molecule has 0 fully saturated rings. The first-order chi connectivity index (χ1) is 15.0. The van der Waals surface area contributed by atoms with E-state index in [1.165, 1.54) is 11.8 Å². The highest BCUT2D eigenvalue weighted by Crippen LogP contribution is 2.45. The van der Waals surface area contributed by atoms with Gasteiger partial charge < -0.3 is 14.9 Å². The first-order valence-corrected chi connectivity index (χ1v) is 10.3. The van der Waals surface area contributed by atoms with E-state index in [-0.39, 0.29) is 33.8 Å². The smallest absolute Gasteiger partial charge is 0.198 e. The lowest BCUT2D eigenvalue weighted by atomic mass is 9.81. The molecule has 0 bridgehead atoms. The van der Waals surface area contributed by atoms with Gasteiger partial charge in [0, 0.05) is 31.7 Å². The van der Waals surface area contributed by atoms with Crippen LogP contribution in [0.4, 0.5) is 0 Å². The van der Waals surface area contributed by atoms with Crippen LogP contribution in [-0.2, 0) is 0 Å². The Morgan fingerprint density at radius 1 is 0.710 bits per heavy atom. The number of hydrogen-bond acceptors (Lipinski definition) is 6. The summed E-state index contributed by atoms with van der Waals surface area (Å²) in [6.45, 7) is 0. The number of benzene rings is 4. The SMILES string of the molecule is COc1ccc(Sc2ccc3c(O)c4c(c(O)c3c2)C(=O)c2ccccc2C4=O)cc1. The third-order valence-corrected chi connectivity index (χ3v) is 6.39. The Kier molecular flexibility index (Phi) is 4.45. The molecule has 6 heteroatoms. The summed E-state index contributed by atoms with van der Waals surface area (Å²) in [7, 11) is 1.60. The van der Waals surface area contributed by atoms with E-state index < -0.39 is 11.6 Å². The number of carbonyl (C=O) groups excluding carboxylic acids is 2. The zero-order valence-corrected chi connectivity index (χ0v) is 17.2. The van der Waals surface area contributed by atoms with Crippen molar-refractivity contribution < 1.29 is 24.5 Å². The molecule has 0 amide bonds. The van der Waals surface area contributed by atoms with Crippen molar-refractivity contribution in [1.29, 1.82) is 0 Å². The van der Waals surface area contributed by atoms with Crippen molar-refractivity contribution in [3.63, 3.8) is 0 Å². The number of aromatic hydroxyl groups is 2. The number of fused-ring (bicyclic) bond motifs is 3. The van der Waals surface area contributed by atoms with Crippen LogP contribution in [0.15, 0.2) is 76.5 Å². The van der Waals surface area contributed by atoms with Gasteiger partial charge in [0.2, 0.25) is 0 Å². The Balaban J connectivity index is 1.65. The molecule has 0 spiro atoms. The van der Waals surface area contributed by atoms with Crippen LogP contribution in [-0.4, -0.2) is 28.9 Å². The average Bonchev–Trinajstić information content (AvgIpc) is 2.80. The summed E-state index contributed by atoms with van der Waals surface area (Å²) < 4.78 is 5.17. The van der Waals surface area contributed by atoms with Crippen LogP contribution in [0.2, 0.25) is 0 Å². The summed E-state index contributed by atoms with van der Waals surface area (Å²) in [5.41, 5.74) is 0.142. The van der Waals surface area contributed by atoms with E-state index in [0.29, 0.717) is 10.8 Å². The molecule has 0 heterocycles. The van der Waals surface area contributed by atoms with Crippen molar-refractivity contribution in [1.82, 2.24) is 0 Å². The third kappa shape index (κ3) is 2.95. The van der Waals surface area contributed by atoms with Gasteiger partial charge in [-0.15, -0.1) is 0 Å². The predicted molar refractivity (Wildman–Crippen MR) is 118 cm³/mol. The second kappa shape index (κ2) is 7.18. The molecule has 31 heavy (non-hydrogen) atoms. The van der Waals surface area contributed by atoms with Crippen LogP contribution < -0.4 is 4.74 Å². The minimum Gasteiger partial charge on any atom is -0.506 e. The molecule has 1 aliphatic carbocycles. The normalized spacial score (nSPS) is 12.5. The highest BCUT2D eigenvalue weighted by atomic mass is 32.2. The molecule has 0 atom stereocenters. The summed E-state index contributed by atoms with van der Waals surface area (Å²) in [5, 5.41) is 22.5. The van der Waals surface area contributed by atoms with Crippen LogP contribution in [0, 0.1) is 0 Å². The van der Waals surface area contributed by atoms with Gasteiger partial charge in [0.25, 0.3) is 0 Å². The van der Waals surface area contributed by atoms with Crippen molar-refractivity contribution in [2.75, 3.05) is 7.11 Å². The van der Waals surface area contributed by atoms with E-state index in [1.54, 1.807) is 49.6 Å². The molecule has 0 radical (unpaired) electrons. The van der Waals surface area contributed by atoms with Crippen LogP contribution in [0.3, 0.4) is 0 Å². The van der Waals surface area contributed by atoms with E-state index in [9.17, 15) is 19.8 Å². The highest BCUT2D eigenvalue weighted by Gasteiger charge is 2.35. The summed E-state index contributed by atoms with van der Waals surface area (Å²) in [4.78, 5) is 27.8. The molecular weight excluding hydrogens is 412 g/mol. The van der Waals surface area contributed by atoms with Crippen molar-refractivity contribution in [2.45, 2.75) is 9.79 Å². The van der Waals surface area contributed by atoms with Crippen LogP contribution >= 0.6 is 11.8 Å². The molecule has 2 N–H and O–H groups in total. The molecule has 1 aliphatic rings. The van der Waals surface area contributed by atoms with Gasteiger partial charge >= 0.3 is 0 Å².